The number of allylic oxidation sites excluding steroid dienone is 5. The Morgan fingerprint density at radius 2 is 1.73 bits per heavy atom. The number of urea groups is 2. The van der Waals surface area contributed by atoms with Gasteiger partial charge in [-0.1, -0.05) is 32.1 Å². The molecule has 0 saturated heterocycles. The van der Waals surface area contributed by atoms with Gasteiger partial charge >= 0.3 is 18.2 Å². The quantitative estimate of drug-likeness (QED) is 0.384. The highest BCUT2D eigenvalue weighted by atomic mass is 19.4. The number of carbonyl (C=O) groups excluding carboxylic acids is 3. The molecule has 3 aliphatic rings. The number of imide groups is 1. The highest BCUT2D eigenvalue weighted by Gasteiger charge is 2.42. The van der Waals surface area contributed by atoms with Gasteiger partial charge in [0.15, 0.2) is 0 Å². The molecular weight excluding hydrogens is 535 g/mol. The second-order valence-electron chi connectivity index (χ2n) is 9.91. The van der Waals surface area contributed by atoms with Crippen LogP contribution in [-0.4, -0.2) is 60.5 Å². The summed E-state index contributed by atoms with van der Waals surface area (Å²) in [6.07, 6.45) is 5.99. The molecule has 1 aromatic rings. The molecule has 1 aliphatic heterocycles. The lowest BCUT2D eigenvalue weighted by atomic mass is 10.0. The van der Waals surface area contributed by atoms with Crippen molar-refractivity contribution in [3.05, 3.63) is 71.1 Å². The van der Waals surface area contributed by atoms with E-state index >= 15 is 0 Å². The van der Waals surface area contributed by atoms with Crippen LogP contribution in [0.15, 0.2) is 65.5 Å². The first kappa shape index (κ1) is 30.1. The highest BCUT2D eigenvalue weighted by molar-refractivity contribution is 6.16. The Morgan fingerprint density at radius 1 is 0.976 bits per heavy atom. The lowest BCUT2D eigenvalue weighted by Gasteiger charge is -2.31. The Bertz CT molecular complexity index is 1310. The zero-order valence-corrected chi connectivity index (χ0v) is 23.6. The van der Waals surface area contributed by atoms with E-state index in [2.05, 4.69) is 10.2 Å². The van der Waals surface area contributed by atoms with Crippen LogP contribution in [0.5, 0.6) is 0 Å². The number of benzene rings is 1. The summed E-state index contributed by atoms with van der Waals surface area (Å²) < 4.78 is 41.3. The zero-order chi connectivity index (χ0) is 29.7. The number of amides is 5. The third-order valence-electron chi connectivity index (χ3n) is 7.43. The van der Waals surface area contributed by atoms with Crippen molar-refractivity contribution in [1.29, 1.82) is 0 Å². The monoisotopic (exact) mass is 571 g/mol. The largest absolute Gasteiger partial charge is 0.416 e. The standard InChI is InChI=1S/C30H36F3N5O3/c1-4-35(5-2)18-17-34-27(39)21-11-10-14-24(19-21)38-28(40)36(6-3)25-16-15-22(30(31,32)33)20-26(25)37(29(38)41)23-12-8-7-9-13-23/h8,11-13,15-16,19-20H,4-7,9-10,14,17-18H2,1-3H3,(H,34,39). The number of rotatable bonds is 9. The van der Waals surface area contributed by atoms with Gasteiger partial charge in [0.2, 0.25) is 0 Å². The van der Waals surface area contributed by atoms with Gasteiger partial charge < -0.3 is 10.2 Å². The number of nitrogens with zero attached hydrogens (tertiary/aromatic N) is 4. The maximum Gasteiger partial charge on any atom is 0.416 e. The maximum absolute atomic E-state index is 14.2. The lowest BCUT2D eigenvalue weighted by molar-refractivity contribution is -0.137. The molecular formula is C30H36F3N5O3. The molecule has 0 radical (unpaired) electrons. The molecule has 1 N–H and O–H groups in total. The minimum absolute atomic E-state index is 0.0263. The SMILES string of the molecule is CCN(CC)CCNC(=O)C1=CCCC(N2C(=O)N(CC)c3ccc(C(F)(F)F)cc3N(C3=CCCC=C3)C2=O)=C1. The van der Waals surface area contributed by atoms with Crippen LogP contribution in [0.3, 0.4) is 0 Å². The van der Waals surface area contributed by atoms with Gasteiger partial charge in [-0.2, -0.15) is 13.2 Å². The molecule has 4 rings (SSSR count). The normalized spacial score (nSPS) is 17.7. The van der Waals surface area contributed by atoms with Crippen LogP contribution in [0, 0.1) is 0 Å². The number of fused-ring (bicyclic) bond motifs is 1. The third-order valence-corrected chi connectivity index (χ3v) is 7.43. The van der Waals surface area contributed by atoms with Crippen LogP contribution in [0.25, 0.3) is 0 Å². The second-order valence-corrected chi connectivity index (χ2v) is 9.91. The fourth-order valence-electron chi connectivity index (χ4n) is 5.17. The van der Waals surface area contributed by atoms with E-state index in [0.717, 1.165) is 36.5 Å². The molecule has 0 spiro atoms. The van der Waals surface area contributed by atoms with Gasteiger partial charge in [-0.05, 0) is 76.0 Å². The third kappa shape index (κ3) is 6.40. The molecule has 8 nitrogen and oxygen atoms in total. The van der Waals surface area contributed by atoms with Crippen molar-refractivity contribution < 1.29 is 27.6 Å². The van der Waals surface area contributed by atoms with Gasteiger partial charge in [0.25, 0.3) is 5.91 Å². The second kappa shape index (κ2) is 12.8. The van der Waals surface area contributed by atoms with Gasteiger partial charge in [-0.3, -0.25) is 14.6 Å². The van der Waals surface area contributed by atoms with Crippen molar-refractivity contribution in [2.24, 2.45) is 0 Å². The van der Waals surface area contributed by atoms with E-state index in [-0.39, 0.29) is 23.8 Å². The molecule has 1 aromatic carbocycles. The Morgan fingerprint density at radius 3 is 2.37 bits per heavy atom. The maximum atomic E-state index is 14.2. The van der Waals surface area contributed by atoms with E-state index in [1.165, 1.54) is 21.9 Å². The molecule has 5 amide bonds. The molecule has 0 atom stereocenters. The van der Waals surface area contributed by atoms with Crippen LogP contribution in [-0.2, 0) is 11.0 Å². The minimum Gasteiger partial charge on any atom is -0.351 e. The molecule has 220 valence electrons. The zero-order valence-electron chi connectivity index (χ0n) is 23.6. The van der Waals surface area contributed by atoms with E-state index in [0.29, 0.717) is 49.3 Å². The molecule has 0 aromatic heterocycles. The van der Waals surface area contributed by atoms with Crippen molar-refractivity contribution in [3.63, 3.8) is 0 Å². The number of hydrogen-bond acceptors (Lipinski definition) is 4. The summed E-state index contributed by atoms with van der Waals surface area (Å²) in [4.78, 5) is 46.8. The molecule has 0 saturated carbocycles. The van der Waals surface area contributed by atoms with Crippen LogP contribution in [0.1, 0.15) is 52.0 Å². The average molecular weight is 572 g/mol. The van der Waals surface area contributed by atoms with Gasteiger partial charge in [0.1, 0.15) is 0 Å². The molecule has 41 heavy (non-hydrogen) atoms. The molecule has 0 unspecified atom stereocenters. The summed E-state index contributed by atoms with van der Waals surface area (Å²) in [6.45, 7) is 8.76. The first-order chi connectivity index (χ1) is 19.6. The molecule has 0 bridgehead atoms. The van der Waals surface area contributed by atoms with Crippen LogP contribution < -0.4 is 15.1 Å². The summed E-state index contributed by atoms with van der Waals surface area (Å²) in [5.74, 6) is -0.315. The van der Waals surface area contributed by atoms with Gasteiger partial charge in [-0.25, -0.2) is 14.5 Å². The van der Waals surface area contributed by atoms with Crippen LogP contribution >= 0.6 is 0 Å². The number of anilines is 2. The highest BCUT2D eigenvalue weighted by Crippen LogP contribution is 2.42. The van der Waals surface area contributed by atoms with Gasteiger partial charge in [-0.15, -0.1) is 0 Å². The number of carbonyl (C=O) groups is 3. The number of alkyl halides is 3. The Balaban J connectivity index is 1.74. The van der Waals surface area contributed by atoms with Crippen LogP contribution in [0.2, 0.25) is 0 Å². The number of likely N-dealkylation sites (N-methyl/N-ethyl adjacent to an activating group) is 1. The van der Waals surface area contributed by atoms with Crippen molar-refractivity contribution in [2.45, 2.75) is 52.6 Å². The summed E-state index contributed by atoms with van der Waals surface area (Å²) in [6, 6.07) is 1.59. The van der Waals surface area contributed by atoms with Crippen molar-refractivity contribution in [1.82, 2.24) is 15.1 Å². The Kier molecular flexibility index (Phi) is 9.37. The lowest BCUT2D eigenvalue weighted by Crippen LogP contribution is -2.48. The fourth-order valence-corrected chi connectivity index (χ4v) is 5.17. The summed E-state index contributed by atoms with van der Waals surface area (Å²) in [5.41, 5.74) is 0.279. The van der Waals surface area contributed by atoms with E-state index in [1.54, 1.807) is 25.2 Å². The number of nitrogens with one attached hydrogen (secondary N) is 1. The van der Waals surface area contributed by atoms with E-state index < -0.39 is 23.8 Å². The summed E-state index contributed by atoms with van der Waals surface area (Å²) in [7, 11) is 0. The average Bonchev–Trinajstić information content (AvgIpc) is 3.05. The summed E-state index contributed by atoms with van der Waals surface area (Å²) >= 11 is 0. The minimum atomic E-state index is -4.64. The molecule has 1 heterocycles. The van der Waals surface area contributed by atoms with Crippen LogP contribution in [0.4, 0.5) is 34.1 Å². The molecule has 2 aliphatic carbocycles. The first-order valence-electron chi connectivity index (χ1n) is 14.1. The predicted molar refractivity (Wildman–Crippen MR) is 152 cm³/mol. The van der Waals surface area contributed by atoms with Gasteiger partial charge in [0, 0.05) is 36.6 Å². The fraction of sp³-hybridized carbons (Fsp3) is 0.433. The molecule has 11 heteroatoms. The van der Waals surface area contributed by atoms with E-state index in [4.69, 9.17) is 0 Å². The van der Waals surface area contributed by atoms with Crippen molar-refractivity contribution in [2.75, 3.05) is 42.5 Å². The van der Waals surface area contributed by atoms with E-state index in [1.807, 2.05) is 19.9 Å². The smallest absolute Gasteiger partial charge is 0.351 e. The first-order valence-corrected chi connectivity index (χ1v) is 14.1. The topological polar surface area (TPSA) is 76.2 Å². The summed E-state index contributed by atoms with van der Waals surface area (Å²) in [5, 5.41) is 2.90. The number of hydrogen-bond donors (Lipinski definition) is 1. The van der Waals surface area contributed by atoms with Crippen molar-refractivity contribution in [3.8, 4) is 0 Å². The number of halogens is 3. The Hall–Kier alpha value is -3.86. The Labute approximate surface area is 238 Å². The van der Waals surface area contributed by atoms with Crippen molar-refractivity contribution >= 4 is 29.3 Å². The molecule has 0 fully saturated rings. The predicted octanol–water partition coefficient (Wildman–Crippen LogP) is 6.19. The van der Waals surface area contributed by atoms with Gasteiger partial charge in [0.05, 0.1) is 16.9 Å². The van der Waals surface area contributed by atoms with E-state index in [9.17, 15) is 27.6 Å².